The van der Waals surface area contributed by atoms with Crippen LogP contribution in [0.15, 0.2) is 50.7 Å². The maximum absolute atomic E-state index is 12.8. The van der Waals surface area contributed by atoms with Crippen molar-refractivity contribution in [3.8, 4) is 11.5 Å². The standard InChI is InChI=1S/C19H19N3O3S/c1-12-16(8-10-24-12)17-20-21-19(25-17)26-13(2)18(23)22-9-7-14-5-3-4-6-15(14)11-22/h3-6,8,10,13H,7,9,11H2,1-2H3. The minimum absolute atomic E-state index is 0.0868. The number of carbonyl (C=O) groups excluding carboxylic acids is 1. The summed E-state index contributed by atoms with van der Waals surface area (Å²) in [5.74, 6) is 1.22. The van der Waals surface area contributed by atoms with Gasteiger partial charge in [0.1, 0.15) is 5.76 Å². The number of aryl methyl sites for hydroxylation is 1. The summed E-state index contributed by atoms with van der Waals surface area (Å²) in [5.41, 5.74) is 3.32. The van der Waals surface area contributed by atoms with Gasteiger partial charge >= 0.3 is 0 Å². The molecule has 3 heterocycles. The minimum atomic E-state index is -0.293. The fourth-order valence-electron chi connectivity index (χ4n) is 3.12. The number of benzene rings is 1. The van der Waals surface area contributed by atoms with E-state index in [9.17, 15) is 4.79 Å². The molecule has 2 aromatic heterocycles. The third-order valence-electron chi connectivity index (χ3n) is 4.56. The van der Waals surface area contributed by atoms with Crippen molar-refractivity contribution >= 4 is 17.7 Å². The highest BCUT2D eigenvalue weighted by molar-refractivity contribution is 8.00. The van der Waals surface area contributed by atoms with E-state index in [0.29, 0.717) is 17.7 Å². The third kappa shape index (κ3) is 3.26. The van der Waals surface area contributed by atoms with Gasteiger partial charge in [-0.2, -0.15) is 0 Å². The van der Waals surface area contributed by atoms with E-state index in [1.165, 1.54) is 22.9 Å². The van der Waals surface area contributed by atoms with Crippen LogP contribution in [0, 0.1) is 6.92 Å². The molecule has 1 aliphatic rings. The van der Waals surface area contributed by atoms with E-state index in [4.69, 9.17) is 8.83 Å². The van der Waals surface area contributed by atoms with Crippen LogP contribution < -0.4 is 0 Å². The molecule has 0 fully saturated rings. The van der Waals surface area contributed by atoms with Gasteiger partial charge in [0, 0.05) is 13.1 Å². The second-order valence-electron chi connectivity index (χ2n) is 6.30. The molecule has 7 heteroatoms. The molecule has 26 heavy (non-hydrogen) atoms. The number of aromatic nitrogens is 2. The molecule has 0 radical (unpaired) electrons. The van der Waals surface area contributed by atoms with Crippen LogP contribution in [0.1, 0.15) is 23.8 Å². The average Bonchev–Trinajstić information content (AvgIpc) is 3.29. The average molecular weight is 369 g/mol. The van der Waals surface area contributed by atoms with Gasteiger partial charge in [-0.05, 0) is 37.5 Å². The molecular formula is C19H19N3O3S. The Labute approximate surface area is 155 Å². The van der Waals surface area contributed by atoms with Gasteiger partial charge in [0.2, 0.25) is 5.91 Å². The molecule has 3 aromatic rings. The Morgan fingerprint density at radius 1 is 1.23 bits per heavy atom. The molecule has 1 aromatic carbocycles. The van der Waals surface area contributed by atoms with Crippen LogP contribution in [0.5, 0.6) is 0 Å². The molecule has 134 valence electrons. The number of amides is 1. The van der Waals surface area contributed by atoms with E-state index in [1.807, 2.05) is 30.9 Å². The first-order chi connectivity index (χ1) is 12.6. The lowest BCUT2D eigenvalue weighted by atomic mass is 10.00. The normalized spacial score (nSPS) is 14.9. The van der Waals surface area contributed by atoms with Gasteiger partial charge in [-0.15, -0.1) is 10.2 Å². The molecule has 0 aliphatic carbocycles. The summed E-state index contributed by atoms with van der Waals surface area (Å²) in [6.45, 7) is 5.11. The number of thioether (sulfide) groups is 1. The Balaban J connectivity index is 1.42. The van der Waals surface area contributed by atoms with Crippen molar-refractivity contribution in [2.24, 2.45) is 0 Å². The highest BCUT2D eigenvalue weighted by atomic mass is 32.2. The van der Waals surface area contributed by atoms with Crippen molar-refractivity contribution in [3.05, 3.63) is 53.5 Å². The quantitative estimate of drug-likeness (QED) is 0.653. The van der Waals surface area contributed by atoms with Crippen molar-refractivity contribution in [1.82, 2.24) is 15.1 Å². The molecule has 0 saturated heterocycles. The molecule has 1 aliphatic heterocycles. The molecule has 1 atom stereocenters. The molecule has 1 amide bonds. The van der Waals surface area contributed by atoms with Crippen LogP contribution in [0.3, 0.4) is 0 Å². The highest BCUT2D eigenvalue weighted by Crippen LogP contribution is 2.29. The van der Waals surface area contributed by atoms with E-state index in [2.05, 4.69) is 22.3 Å². The number of fused-ring (bicyclic) bond motifs is 1. The van der Waals surface area contributed by atoms with Crippen LogP contribution in [0.4, 0.5) is 0 Å². The largest absolute Gasteiger partial charge is 0.469 e. The molecule has 0 bridgehead atoms. The van der Waals surface area contributed by atoms with Crippen molar-refractivity contribution in [3.63, 3.8) is 0 Å². The number of furan rings is 1. The summed E-state index contributed by atoms with van der Waals surface area (Å²) >= 11 is 1.29. The monoisotopic (exact) mass is 369 g/mol. The number of hydrogen-bond donors (Lipinski definition) is 0. The second-order valence-corrected chi connectivity index (χ2v) is 7.59. The van der Waals surface area contributed by atoms with Gasteiger partial charge in [0.25, 0.3) is 11.1 Å². The first-order valence-electron chi connectivity index (χ1n) is 8.52. The van der Waals surface area contributed by atoms with Gasteiger partial charge in [-0.1, -0.05) is 36.0 Å². The number of rotatable bonds is 4. The molecule has 1 unspecified atom stereocenters. The van der Waals surface area contributed by atoms with Crippen LogP contribution in [0.25, 0.3) is 11.5 Å². The van der Waals surface area contributed by atoms with E-state index in [1.54, 1.807) is 12.3 Å². The number of carbonyl (C=O) groups is 1. The van der Waals surface area contributed by atoms with Crippen molar-refractivity contribution < 1.29 is 13.6 Å². The second kappa shape index (κ2) is 6.99. The smallest absolute Gasteiger partial charge is 0.277 e. The summed E-state index contributed by atoms with van der Waals surface area (Å²) in [4.78, 5) is 14.7. The first kappa shape index (κ1) is 16.9. The maximum Gasteiger partial charge on any atom is 0.277 e. The first-order valence-corrected chi connectivity index (χ1v) is 9.40. The van der Waals surface area contributed by atoms with Crippen molar-refractivity contribution in [1.29, 1.82) is 0 Å². The van der Waals surface area contributed by atoms with Crippen LogP contribution in [0.2, 0.25) is 0 Å². The molecule has 4 rings (SSSR count). The number of nitrogens with zero attached hydrogens (tertiary/aromatic N) is 3. The SMILES string of the molecule is Cc1occc1-c1nnc(SC(C)C(=O)N2CCc3ccccc3C2)o1. The van der Waals surface area contributed by atoms with Crippen LogP contribution in [-0.2, 0) is 17.8 Å². The fourth-order valence-corrected chi connectivity index (χ4v) is 3.88. The number of hydrogen-bond acceptors (Lipinski definition) is 6. The Hall–Kier alpha value is -2.54. The zero-order valence-corrected chi connectivity index (χ0v) is 15.5. The summed E-state index contributed by atoms with van der Waals surface area (Å²) in [6, 6.07) is 10.1. The van der Waals surface area contributed by atoms with E-state index in [-0.39, 0.29) is 11.2 Å². The van der Waals surface area contributed by atoms with E-state index < -0.39 is 0 Å². The third-order valence-corrected chi connectivity index (χ3v) is 5.49. The molecule has 6 nitrogen and oxygen atoms in total. The fraction of sp³-hybridized carbons (Fsp3) is 0.316. The maximum atomic E-state index is 12.8. The molecule has 0 saturated carbocycles. The van der Waals surface area contributed by atoms with Crippen molar-refractivity contribution in [2.75, 3.05) is 6.54 Å². The summed E-state index contributed by atoms with van der Waals surface area (Å²) in [7, 11) is 0. The molecule has 0 N–H and O–H groups in total. The van der Waals surface area contributed by atoms with Gasteiger partial charge in [-0.3, -0.25) is 4.79 Å². The van der Waals surface area contributed by atoms with Gasteiger partial charge in [0.05, 0.1) is 17.1 Å². The van der Waals surface area contributed by atoms with Crippen LogP contribution in [-0.4, -0.2) is 32.8 Å². The van der Waals surface area contributed by atoms with Crippen molar-refractivity contribution in [2.45, 2.75) is 37.3 Å². The summed E-state index contributed by atoms with van der Waals surface area (Å²) in [5, 5.41) is 8.20. The van der Waals surface area contributed by atoms with E-state index in [0.717, 1.165) is 24.3 Å². The summed E-state index contributed by atoms with van der Waals surface area (Å²) < 4.78 is 10.9. The topological polar surface area (TPSA) is 72.4 Å². The Bertz CT molecular complexity index is 934. The van der Waals surface area contributed by atoms with E-state index >= 15 is 0 Å². The predicted molar refractivity (Wildman–Crippen MR) is 97.6 cm³/mol. The lowest BCUT2D eigenvalue weighted by Gasteiger charge is -2.30. The zero-order chi connectivity index (χ0) is 18.1. The highest BCUT2D eigenvalue weighted by Gasteiger charge is 2.26. The van der Waals surface area contributed by atoms with Gasteiger partial charge in [-0.25, -0.2) is 0 Å². The Kier molecular flexibility index (Phi) is 4.55. The predicted octanol–water partition coefficient (Wildman–Crippen LogP) is 3.70. The Morgan fingerprint density at radius 3 is 2.81 bits per heavy atom. The van der Waals surface area contributed by atoms with Gasteiger partial charge < -0.3 is 13.7 Å². The zero-order valence-electron chi connectivity index (χ0n) is 14.6. The lowest BCUT2D eigenvalue weighted by Crippen LogP contribution is -2.40. The minimum Gasteiger partial charge on any atom is -0.469 e. The van der Waals surface area contributed by atoms with Crippen LogP contribution >= 0.6 is 11.8 Å². The molecule has 0 spiro atoms. The summed E-state index contributed by atoms with van der Waals surface area (Å²) in [6.07, 6.45) is 2.48. The Morgan fingerprint density at radius 2 is 2.04 bits per heavy atom. The lowest BCUT2D eigenvalue weighted by molar-refractivity contribution is -0.131. The molecular weight excluding hydrogens is 350 g/mol. The van der Waals surface area contributed by atoms with Gasteiger partial charge in [0.15, 0.2) is 0 Å².